The minimum absolute atomic E-state index is 0.134. The maximum absolute atomic E-state index is 12.3. The Balaban J connectivity index is 2.30. The van der Waals surface area contributed by atoms with Crippen molar-refractivity contribution in [2.24, 2.45) is 0 Å². The predicted octanol–water partition coefficient (Wildman–Crippen LogP) is 4.02. The molecular formula is C10H9ClF3N. The van der Waals surface area contributed by atoms with Gasteiger partial charge in [0.2, 0.25) is 0 Å². The summed E-state index contributed by atoms with van der Waals surface area (Å²) in [5.74, 6) is 0.250. The normalized spacial score (nSPS) is 17.6. The number of aromatic nitrogens is 1. The fourth-order valence-electron chi connectivity index (χ4n) is 1.59. The van der Waals surface area contributed by atoms with E-state index < -0.39 is 11.7 Å². The van der Waals surface area contributed by atoms with Crippen molar-refractivity contribution in [3.63, 3.8) is 0 Å². The number of halogens is 4. The third kappa shape index (κ3) is 2.09. The van der Waals surface area contributed by atoms with Crippen molar-refractivity contribution in [1.29, 1.82) is 0 Å². The lowest BCUT2D eigenvalue weighted by Crippen LogP contribution is -2.13. The van der Waals surface area contributed by atoms with Crippen LogP contribution in [0.3, 0.4) is 0 Å². The van der Waals surface area contributed by atoms with Crippen molar-refractivity contribution < 1.29 is 13.2 Å². The van der Waals surface area contributed by atoms with Gasteiger partial charge in [-0.15, -0.1) is 0 Å². The molecule has 0 unspecified atom stereocenters. The van der Waals surface area contributed by atoms with Crippen molar-refractivity contribution in [3.05, 3.63) is 28.5 Å². The highest BCUT2D eigenvalue weighted by atomic mass is 35.5. The van der Waals surface area contributed by atoms with Crippen LogP contribution < -0.4 is 0 Å². The van der Waals surface area contributed by atoms with E-state index in [1.165, 1.54) is 0 Å². The summed E-state index contributed by atoms with van der Waals surface area (Å²) in [7, 11) is 0. The van der Waals surface area contributed by atoms with Crippen LogP contribution in [0.4, 0.5) is 13.2 Å². The van der Waals surface area contributed by atoms with Gasteiger partial charge in [0.15, 0.2) is 0 Å². The first-order valence-corrected chi connectivity index (χ1v) is 5.09. The number of nitrogens with zero attached hydrogens (tertiary/aromatic N) is 1. The average Bonchev–Trinajstić information content (AvgIpc) is 2.03. The van der Waals surface area contributed by atoms with Gasteiger partial charge < -0.3 is 0 Å². The minimum Gasteiger partial charge on any atom is -0.259 e. The molecule has 2 rings (SSSR count). The molecule has 0 radical (unpaired) electrons. The van der Waals surface area contributed by atoms with Gasteiger partial charge in [0.25, 0.3) is 0 Å². The molecule has 0 aromatic carbocycles. The number of pyridine rings is 1. The van der Waals surface area contributed by atoms with Crippen molar-refractivity contribution in [2.45, 2.75) is 31.4 Å². The Bertz CT molecular complexity index is 371. The van der Waals surface area contributed by atoms with Gasteiger partial charge in [-0.3, -0.25) is 4.98 Å². The second-order valence-corrected chi connectivity index (χ2v) is 4.12. The monoisotopic (exact) mass is 235 g/mol. The summed E-state index contributed by atoms with van der Waals surface area (Å²) in [4.78, 5) is 3.81. The molecule has 0 aliphatic heterocycles. The second kappa shape index (κ2) is 3.67. The molecule has 1 aromatic heterocycles. The topological polar surface area (TPSA) is 12.9 Å². The molecule has 1 aliphatic carbocycles. The van der Waals surface area contributed by atoms with E-state index in [0.717, 1.165) is 31.5 Å². The molecule has 1 nitrogen and oxygen atoms in total. The van der Waals surface area contributed by atoms with E-state index in [2.05, 4.69) is 4.98 Å². The highest BCUT2D eigenvalue weighted by molar-refractivity contribution is 6.31. The molecule has 0 amide bonds. The summed E-state index contributed by atoms with van der Waals surface area (Å²) >= 11 is 5.78. The number of hydrogen-bond acceptors (Lipinski definition) is 1. The fourth-order valence-corrected chi connectivity index (χ4v) is 1.91. The van der Waals surface area contributed by atoms with E-state index in [9.17, 15) is 13.2 Å². The molecule has 0 bridgehead atoms. The first-order valence-electron chi connectivity index (χ1n) is 4.71. The Labute approximate surface area is 90.3 Å². The molecule has 0 N–H and O–H groups in total. The minimum atomic E-state index is -4.37. The van der Waals surface area contributed by atoms with E-state index in [4.69, 9.17) is 11.6 Å². The summed E-state index contributed by atoms with van der Waals surface area (Å²) in [6.07, 6.45) is -0.464. The Hall–Kier alpha value is -0.770. The van der Waals surface area contributed by atoms with Crippen molar-refractivity contribution in [3.8, 4) is 0 Å². The molecule has 82 valence electrons. The van der Waals surface area contributed by atoms with Gasteiger partial charge in [-0.25, -0.2) is 0 Å². The van der Waals surface area contributed by atoms with Crippen molar-refractivity contribution in [2.75, 3.05) is 0 Å². The largest absolute Gasteiger partial charge is 0.417 e. The Morgan fingerprint density at radius 3 is 2.40 bits per heavy atom. The zero-order valence-corrected chi connectivity index (χ0v) is 8.57. The molecule has 15 heavy (non-hydrogen) atoms. The van der Waals surface area contributed by atoms with Gasteiger partial charge in [0, 0.05) is 12.1 Å². The third-order valence-electron chi connectivity index (χ3n) is 2.69. The smallest absolute Gasteiger partial charge is 0.259 e. The Morgan fingerprint density at radius 2 is 2.00 bits per heavy atom. The summed E-state index contributed by atoms with van der Waals surface area (Å²) in [5, 5.41) is 0.134. The zero-order valence-electron chi connectivity index (χ0n) is 7.81. The van der Waals surface area contributed by atoms with Gasteiger partial charge >= 0.3 is 6.18 Å². The lowest BCUT2D eigenvalue weighted by Gasteiger charge is -2.25. The van der Waals surface area contributed by atoms with Gasteiger partial charge in [0.1, 0.15) is 0 Å². The summed E-state index contributed by atoms with van der Waals surface area (Å²) in [6, 6.07) is 0.961. The average molecular weight is 236 g/mol. The van der Waals surface area contributed by atoms with Crippen molar-refractivity contribution in [1.82, 2.24) is 4.98 Å². The highest BCUT2D eigenvalue weighted by Gasteiger charge is 2.32. The van der Waals surface area contributed by atoms with Crippen LogP contribution in [0.25, 0.3) is 0 Å². The summed E-state index contributed by atoms with van der Waals surface area (Å²) in [5.41, 5.74) is -0.175. The van der Waals surface area contributed by atoms with Crippen LogP contribution in [-0.4, -0.2) is 4.98 Å². The van der Waals surface area contributed by atoms with Gasteiger partial charge in [-0.2, -0.15) is 13.2 Å². The van der Waals surface area contributed by atoms with E-state index in [1.54, 1.807) is 0 Å². The molecule has 1 aliphatic rings. The number of hydrogen-bond donors (Lipinski definition) is 0. The van der Waals surface area contributed by atoms with Crippen LogP contribution in [0.15, 0.2) is 12.3 Å². The second-order valence-electron chi connectivity index (χ2n) is 3.72. The molecule has 1 fully saturated rings. The maximum Gasteiger partial charge on any atom is 0.417 e. The predicted molar refractivity (Wildman–Crippen MR) is 50.8 cm³/mol. The van der Waals surface area contributed by atoms with E-state index in [1.807, 2.05) is 0 Å². The van der Waals surface area contributed by atoms with Crippen LogP contribution in [0.2, 0.25) is 5.02 Å². The Morgan fingerprint density at radius 1 is 1.33 bits per heavy atom. The number of rotatable bonds is 1. The van der Waals surface area contributed by atoms with Crippen molar-refractivity contribution >= 4 is 11.6 Å². The summed E-state index contributed by atoms with van der Waals surface area (Å²) < 4.78 is 36.9. The molecular weight excluding hydrogens is 227 g/mol. The lowest BCUT2D eigenvalue weighted by atomic mass is 9.82. The molecule has 1 saturated carbocycles. The molecule has 0 atom stereocenters. The van der Waals surface area contributed by atoms with E-state index in [0.29, 0.717) is 5.69 Å². The first-order chi connectivity index (χ1) is 6.98. The van der Waals surface area contributed by atoms with Gasteiger partial charge in [-0.05, 0) is 18.9 Å². The van der Waals surface area contributed by atoms with Crippen LogP contribution in [0.5, 0.6) is 0 Å². The SMILES string of the molecule is FC(F)(F)c1cnc(C2CCC2)c(Cl)c1. The first kappa shape index (κ1) is 10.7. The van der Waals surface area contributed by atoms with Gasteiger partial charge in [-0.1, -0.05) is 18.0 Å². The summed E-state index contributed by atoms with van der Waals surface area (Å²) in [6.45, 7) is 0. The standard InChI is InChI=1S/C10H9ClF3N/c11-8-4-7(10(12,13)14)5-15-9(8)6-2-1-3-6/h4-6H,1-3H2. The Kier molecular flexibility index (Phi) is 2.63. The van der Waals surface area contributed by atoms with Crippen LogP contribution in [0, 0.1) is 0 Å². The fraction of sp³-hybridized carbons (Fsp3) is 0.500. The zero-order chi connectivity index (χ0) is 11.1. The van der Waals surface area contributed by atoms with Gasteiger partial charge in [0.05, 0.1) is 16.3 Å². The molecule has 1 heterocycles. The molecule has 5 heteroatoms. The molecule has 1 aromatic rings. The van der Waals surface area contributed by atoms with Crippen LogP contribution in [-0.2, 0) is 6.18 Å². The molecule has 0 spiro atoms. The maximum atomic E-state index is 12.3. The molecule has 0 saturated heterocycles. The van der Waals surface area contributed by atoms with Crippen LogP contribution >= 0.6 is 11.6 Å². The highest BCUT2D eigenvalue weighted by Crippen LogP contribution is 2.40. The lowest BCUT2D eigenvalue weighted by molar-refractivity contribution is -0.137. The van der Waals surface area contributed by atoms with E-state index in [-0.39, 0.29) is 10.9 Å². The van der Waals surface area contributed by atoms with E-state index >= 15 is 0 Å². The quantitative estimate of drug-likeness (QED) is 0.716. The van der Waals surface area contributed by atoms with Crippen LogP contribution in [0.1, 0.15) is 36.4 Å². The number of alkyl halides is 3. The third-order valence-corrected chi connectivity index (χ3v) is 2.99.